The van der Waals surface area contributed by atoms with Gasteiger partial charge in [-0.2, -0.15) is 0 Å². The molecule has 0 saturated carbocycles. The van der Waals surface area contributed by atoms with Gasteiger partial charge in [-0.15, -0.1) is 0 Å². The third-order valence-corrected chi connectivity index (χ3v) is 5.27. The second-order valence-electron chi connectivity index (χ2n) is 5.98. The van der Waals surface area contributed by atoms with E-state index in [0.29, 0.717) is 0 Å². The molecule has 0 radical (unpaired) electrons. The minimum absolute atomic E-state index is 0.0827. The van der Waals surface area contributed by atoms with Crippen LogP contribution in [-0.2, 0) is 0 Å². The van der Waals surface area contributed by atoms with E-state index >= 15 is 0 Å². The predicted octanol–water partition coefficient (Wildman–Crippen LogP) is 3.50. The summed E-state index contributed by atoms with van der Waals surface area (Å²) in [5.41, 5.74) is 0.709. The Morgan fingerprint density at radius 2 is 1.75 bits per heavy atom. The van der Waals surface area contributed by atoms with Crippen molar-refractivity contribution >= 4 is 21.8 Å². The Bertz CT molecular complexity index is 496. The molecule has 2 aliphatic rings. The van der Waals surface area contributed by atoms with Crippen LogP contribution in [0.3, 0.4) is 0 Å². The summed E-state index contributed by atoms with van der Waals surface area (Å²) in [5.74, 6) is 0.171. The normalized spacial score (nSPS) is 27.2. The van der Waals surface area contributed by atoms with Crippen molar-refractivity contribution < 1.29 is 4.79 Å². The van der Waals surface area contributed by atoms with Crippen molar-refractivity contribution in [3.63, 3.8) is 0 Å². The summed E-state index contributed by atoms with van der Waals surface area (Å²) in [6, 6.07) is 7.71. The van der Waals surface area contributed by atoms with Gasteiger partial charge in [-0.05, 0) is 56.9 Å². The molecule has 108 valence electrons. The smallest absolute Gasteiger partial charge is 0.255 e. The van der Waals surface area contributed by atoms with E-state index in [1.165, 1.54) is 12.8 Å². The van der Waals surface area contributed by atoms with E-state index in [2.05, 4.69) is 32.7 Å². The van der Waals surface area contributed by atoms with Gasteiger partial charge in [0.15, 0.2) is 0 Å². The number of nitrogens with zero attached hydrogens (tertiary/aromatic N) is 2. The van der Waals surface area contributed by atoms with E-state index in [1.54, 1.807) is 0 Å². The second-order valence-corrected chi connectivity index (χ2v) is 6.89. The van der Waals surface area contributed by atoms with Crippen LogP contribution in [0.4, 0.5) is 0 Å². The summed E-state index contributed by atoms with van der Waals surface area (Å²) in [6.07, 6.45) is 4.72. The van der Waals surface area contributed by atoms with Gasteiger partial charge < -0.3 is 4.90 Å². The average Bonchev–Trinajstić information content (AvgIpc) is 3.08. The molecule has 2 saturated heterocycles. The molecule has 0 N–H and O–H groups in total. The molecule has 3 nitrogen and oxygen atoms in total. The quantitative estimate of drug-likeness (QED) is 0.825. The first-order chi connectivity index (χ1) is 9.61. The maximum absolute atomic E-state index is 12.8. The van der Waals surface area contributed by atoms with Gasteiger partial charge in [-0.25, -0.2) is 0 Å². The molecule has 20 heavy (non-hydrogen) atoms. The summed E-state index contributed by atoms with van der Waals surface area (Å²) >= 11 is 3.42. The Kier molecular flexibility index (Phi) is 3.87. The Labute approximate surface area is 129 Å². The van der Waals surface area contributed by atoms with Gasteiger partial charge in [0.25, 0.3) is 5.91 Å². The van der Waals surface area contributed by atoms with E-state index < -0.39 is 0 Å². The third kappa shape index (κ3) is 2.40. The average molecular weight is 337 g/mol. The van der Waals surface area contributed by atoms with Crippen LogP contribution in [0.2, 0.25) is 0 Å². The molecule has 0 spiro atoms. The number of benzene rings is 1. The van der Waals surface area contributed by atoms with Crippen molar-refractivity contribution in [2.45, 2.75) is 38.3 Å². The van der Waals surface area contributed by atoms with Crippen LogP contribution in [0.5, 0.6) is 0 Å². The number of carbonyl (C=O) groups is 1. The standard InChI is InChI=1S/C16H21BrN2O/c1-16(18-10-2-3-11-18)9-4-12-19(16)15(20)13-5-7-14(17)8-6-13/h5-8H,2-4,9-12H2,1H3. The molecule has 2 heterocycles. The van der Waals surface area contributed by atoms with Crippen LogP contribution in [0.25, 0.3) is 0 Å². The molecule has 3 rings (SSSR count). The highest BCUT2D eigenvalue weighted by atomic mass is 79.9. The predicted molar refractivity (Wildman–Crippen MR) is 83.6 cm³/mol. The lowest BCUT2D eigenvalue weighted by atomic mass is 10.1. The zero-order valence-corrected chi connectivity index (χ0v) is 13.5. The molecule has 0 aromatic heterocycles. The van der Waals surface area contributed by atoms with E-state index in [1.807, 2.05) is 24.3 Å². The maximum atomic E-state index is 12.8. The molecule has 1 aromatic rings. The Morgan fingerprint density at radius 3 is 2.40 bits per heavy atom. The number of carbonyl (C=O) groups excluding carboxylic acids is 1. The molecule has 0 bridgehead atoms. The first-order valence-electron chi connectivity index (χ1n) is 7.44. The van der Waals surface area contributed by atoms with Gasteiger partial charge >= 0.3 is 0 Å². The summed E-state index contributed by atoms with van der Waals surface area (Å²) in [5, 5.41) is 0. The molecular formula is C16H21BrN2O. The number of hydrogen-bond donors (Lipinski definition) is 0. The van der Waals surface area contributed by atoms with E-state index in [9.17, 15) is 4.79 Å². The van der Waals surface area contributed by atoms with Crippen molar-refractivity contribution in [3.05, 3.63) is 34.3 Å². The molecule has 2 fully saturated rings. The lowest BCUT2D eigenvalue weighted by molar-refractivity contribution is 0.00458. The van der Waals surface area contributed by atoms with Gasteiger partial charge in [0.2, 0.25) is 0 Å². The zero-order chi connectivity index (χ0) is 14.2. The number of halogens is 1. The fourth-order valence-electron chi connectivity index (χ4n) is 3.54. The highest BCUT2D eigenvalue weighted by Gasteiger charge is 2.44. The second kappa shape index (κ2) is 5.49. The molecule has 1 amide bonds. The Morgan fingerprint density at radius 1 is 1.10 bits per heavy atom. The molecule has 1 aromatic carbocycles. The van der Waals surface area contributed by atoms with E-state index in [-0.39, 0.29) is 11.6 Å². The Balaban J connectivity index is 1.84. The van der Waals surface area contributed by atoms with Crippen LogP contribution >= 0.6 is 15.9 Å². The lowest BCUT2D eigenvalue weighted by Crippen LogP contribution is -2.56. The monoisotopic (exact) mass is 336 g/mol. The minimum Gasteiger partial charge on any atom is -0.320 e. The van der Waals surface area contributed by atoms with Crippen LogP contribution < -0.4 is 0 Å². The topological polar surface area (TPSA) is 23.6 Å². The molecular weight excluding hydrogens is 316 g/mol. The van der Waals surface area contributed by atoms with E-state index in [4.69, 9.17) is 0 Å². The maximum Gasteiger partial charge on any atom is 0.255 e. The van der Waals surface area contributed by atoms with Crippen LogP contribution in [0, 0.1) is 0 Å². The molecule has 4 heteroatoms. The van der Waals surface area contributed by atoms with Gasteiger partial charge in [0.05, 0.1) is 5.66 Å². The number of rotatable bonds is 2. The number of likely N-dealkylation sites (tertiary alicyclic amines) is 2. The number of hydrogen-bond acceptors (Lipinski definition) is 2. The number of amides is 1. The summed E-state index contributed by atoms with van der Waals surface area (Å²) < 4.78 is 1.01. The highest BCUT2D eigenvalue weighted by molar-refractivity contribution is 9.10. The third-order valence-electron chi connectivity index (χ3n) is 4.74. The SMILES string of the molecule is CC1(N2CCCC2)CCCN1C(=O)c1ccc(Br)cc1. The van der Waals surface area contributed by atoms with Crippen LogP contribution in [0.15, 0.2) is 28.7 Å². The van der Waals surface area contributed by atoms with Gasteiger partial charge in [0, 0.05) is 29.7 Å². The van der Waals surface area contributed by atoms with Gasteiger partial charge in [-0.1, -0.05) is 15.9 Å². The first-order valence-corrected chi connectivity index (χ1v) is 8.23. The Hall–Kier alpha value is -0.870. The van der Waals surface area contributed by atoms with Gasteiger partial charge in [-0.3, -0.25) is 9.69 Å². The van der Waals surface area contributed by atoms with Crippen molar-refractivity contribution in [1.29, 1.82) is 0 Å². The minimum atomic E-state index is -0.0827. The fraction of sp³-hybridized carbons (Fsp3) is 0.562. The molecule has 1 atom stereocenters. The van der Waals surface area contributed by atoms with Crippen molar-refractivity contribution in [2.24, 2.45) is 0 Å². The summed E-state index contributed by atoms with van der Waals surface area (Å²) in [4.78, 5) is 17.4. The van der Waals surface area contributed by atoms with Gasteiger partial charge in [0.1, 0.15) is 0 Å². The highest BCUT2D eigenvalue weighted by Crippen LogP contribution is 2.35. The largest absolute Gasteiger partial charge is 0.320 e. The fourth-order valence-corrected chi connectivity index (χ4v) is 3.81. The summed E-state index contributed by atoms with van der Waals surface area (Å²) in [6.45, 7) is 5.37. The van der Waals surface area contributed by atoms with Crippen molar-refractivity contribution in [1.82, 2.24) is 9.80 Å². The van der Waals surface area contributed by atoms with Crippen LogP contribution in [-0.4, -0.2) is 41.0 Å². The molecule has 0 aliphatic carbocycles. The van der Waals surface area contributed by atoms with Crippen molar-refractivity contribution in [2.75, 3.05) is 19.6 Å². The lowest BCUT2D eigenvalue weighted by Gasteiger charge is -2.42. The first kappa shape index (κ1) is 14.1. The van der Waals surface area contributed by atoms with Crippen LogP contribution in [0.1, 0.15) is 43.0 Å². The molecule has 1 unspecified atom stereocenters. The summed E-state index contributed by atoms with van der Waals surface area (Å²) in [7, 11) is 0. The van der Waals surface area contributed by atoms with E-state index in [0.717, 1.165) is 42.5 Å². The van der Waals surface area contributed by atoms with Crippen molar-refractivity contribution in [3.8, 4) is 0 Å². The zero-order valence-electron chi connectivity index (χ0n) is 11.9. The molecule has 2 aliphatic heterocycles.